The standard InChI is InChI=1S/C12H25O9P/c1-2-3-4-5-12(16)19-7-11(15)9-21-22(17,18)20-8-10(14)6-13/h10-11,13-15H,2-9H2,1H3,(H,17,18)/t10-,11+/m0/s1. The second-order valence-electron chi connectivity index (χ2n) is 4.69. The van der Waals surface area contributed by atoms with Crippen molar-refractivity contribution in [2.24, 2.45) is 0 Å². The highest BCUT2D eigenvalue weighted by molar-refractivity contribution is 7.47. The first kappa shape index (κ1) is 21.5. The van der Waals surface area contributed by atoms with E-state index in [1.165, 1.54) is 0 Å². The number of ether oxygens (including phenoxy) is 1. The van der Waals surface area contributed by atoms with Crippen LogP contribution in [-0.2, 0) is 23.1 Å². The Morgan fingerprint density at radius 2 is 1.68 bits per heavy atom. The maximum absolute atomic E-state index is 11.4. The van der Waals surface area contributed by atoms with E-state index >= 15 is 0 Å². The molecule has 0 rings (SSSR count). The molecule has 0 heterocycles. The largest absolute Gasteiger partial charge is 0.472 e. The van der Waals surface area contributed by atoms with Gasteiger partial charge in [0, 0.05) is 6.42 Å². The van der Waals surface area contributed by atoms with Crippen LogP contribution in [0.1, 0.15) is 32.6 Å². The molecule has 0 aliphatic carbocycles. The summed E-state index contributed by atoms with van der Waals surface area (Å²) in [5.41, 5.74) is 0. The number of hydrogen-bond acceptors (Lipinski definition) is 8. The van der Waals surface area contributed by atoms with Gasteiger partial charge in [0.15, 0.2) is 0 Å². The fourth-order valence-electron chi connectivity index (χ4n) is 1.28. The topological polar surface area (TPSA) is 143 Å². The van der Waals surface area contributed by atoms with Gasteiger partial charge >= 0.3 is 13.8 Å². The fourth-order valence-corrected chi connectivity index (χ4v) is 2.07. The first-order chi connectivity index (χ1) is 10.3. The third-order valence-electron chi connectivity index (χ3n) is 2.49. The summed E-state index contributed by atoms with van der Waals surface area (Å²) in [4.78, 5) is 20.5. The molecular weight excluding hydrogens is 319 g/mol. The molecule has 0 radical (unpaired) electrons. The van der Waals surface area contributed by atoms with Crippen molar-refractivity contribution in [2.45, 2.75) is 44.8 Å². The molecule has 1 unspecified atom stereocenters. The molecule has 0 saturated carbocycles. The number of aliphatic hydroxyl groups is 3. The molecule has 3 atom stereocenters. The zero-order valence-electron chi connectivity index (χ0n) is 12.6. The first-order valence-corrected chi connectivity index (χ1v) is 8.54. The number of esters is 1. The lowest BCUT2D eigenvalue weighted by Crippen LogP contribution is -2.24. The molecular formula is C12H25O9P. The summed E-state index contributed by atoms with van der Waals surface area (Å²) in [7, 11) is -4.45. The van der Waals surface area contributed by atoms with Crippen LogP contribution in [0.4, 0.5) is 0 Å². The third kappa shape index (κ3) is 12.0. The average molecular weight is 344 g/mol. The van der Waals surface area contributed by atoms with Crippen LogP contribution in [0, 0.1) is 0 Å². The first-order valence-electron chi connectivity index (χ1n) is 7.05. The van der Waals surface area contributed by atoms with E-state index in [4.69, 9.17) is 14.9 Å². The number of rotatable bonds is 13. The SMILES string of the molecule is CCCCCC(=O)OC[C@@H](O)COP(=O)(O)OC[C@@H](O)CO. The molecule has 0 saturated heterocycles. The lowest BCUT2D eigenvalue weighted by molar-refractivity contribution is -0.147. The normalized spacial score (nSPS) is 16.8. The molecule has 0 aromatic carbocycles. The minimum Gasteiger partial charge on any atom is -0.463 e. The van der Waals surface area contributed by atoms with Gasteiger partial charge in [0.05, 0.1) is 19.8 Å². The van der Waals surface area contributed by atoms with Crippen molar-refractivity contribution in [3.8, 4) is 0 Å². The van der Waals surface area contributed by atoms with Crippen molar-refractivity contribution in [1.29, 1.82) is 0 Å². The van der Waals surface area contributed by atoms with Crippen LogP contribution in [0.3, 0.4) is 0 Å². The molecule has 9 nitrogen and oxygen atoms in total. The van der Waals surface area contributed by atoms with Gasteiger partial charge in [-0.25, -0.2) is 4.57 Å². The molecule has 0 aliphatic heterocycles. The predicted molar refractivity (Wildman–Crippen MR) is 75.9 cm³/mol. The Balaban J connectivity index is 3.85. The lowest BCUT2D eigenvalue weighted by atomic mass is 10.2. The van der Waals surface area contributed by atoms with Crippen LogP contribution in [0.25, 0.3) is 0 Å². The zero-order chi connectivity index (χ0) is 17.0. The maximum atomic E-state index is 11.4. The second kappa shape index (κ2) is 12.0. The van der Waals surface area contributed by atoms with Crippen LogP contribution in [0.2, 0.25) is 0 Å². The summed E-state index contributed by atoms with van der Waals surface area (Å²) >= 11 is 0. The van der Waals surface area contributed by atoms with Gasteiger partial charge in [-0.15, -0.1) is 0 Å². The molecule has 10 heteroatoms. The number of phosphoric ester groups is 1. The van der Waals surface area contributed by atoms with Crippen molar-refractivity contribution in [3.63, 3.8) is 0 Å². The van der Waals surface area contributed by atoms with Crippen molar-refractivity contribution in [2.75, 3.05) is 26.4 Å². The number of carbonyl (C=O) groups is 1. The Hall–Kier alpha value is -0.540. The number of unbranched alkanes of at least 4 members (excludes halogenated alkanes) is 2. The Kier molecular flexibility index (Phi) is 11.7. The van der Waals surface area contributed by atoms with E-state index in [1.807, 2.05) is 6.92 Å². The van der Waals surface area contributed by atoms with Crippen molar-refractivity contribution in [3.05, 3.63) is 0 Å². The predicted octanol–water partition coefficient (Wildman–Crippen LogP) is -0.0424. The summed E-state index contributed by atoms with van der Waals surface area (Å²) in [6.07, 6.45) is 0.253. The van der Waals surface area contributed by atoms with Crippen LogP contribution < -0.4 is 0 Å². The Morgan fingerprint density at radius 3 is 2.23 bits per heavy atom. The van der Waals surface area contributed by atoms with Crippen molar-refractivity contribution < 1.29 is 43.4 Å². The Morgan fingerprint density at radius 1 is 1.09 bits per heavy atom. The van der Waals surface area contributed by atoms with Gasteiger partial charge in [-0.1, -0.05) is 19.8 Å². The summed E-state index contributed by atoms with van der Waals surface area (Å²) in [6.45, 7) is -0.153. The molecule has 4 N–H and O–H groups in total. The Bertz CT molecular complexity index is 349. The van der Waals surface area contributed by atoms with E-state index in [1.54, 1.807) is 0 Å². The highest BCUT2D eigenvalue weighted by atomic mass is 31.2. The molecule has 0 amide bonds. The zero-order valence-corrected chi connectivity index (χ0v) is 13.5. The van der Waals surface area contributed by atoms with E-state index in [0.29, 0.717) is 6.42 Å². The molecule has 0 aromatic rings. The van der Waals surface area contributed by atoms with Crippen molar-refractivity contribution >= 4 is 13.8 Å². The van der Waals surface area contributed by atoms with Gasteiger partial charge in [0.2, 0.25) is 0 Å². The number of carbonyl (C=O) groups excluding carboxylic acids is 1. The van der Waals surface area contributed by atoms with E-state index in [0.717, 1.165) is 12.8 Å². The van der Waals surface area contributed by atoms with Gasteiger partial charge in [0.1, 0.15) is 18.8 Å². The maximum Gasteiger partial charge on any atom is 0.472 e. The molecule has 22 heavy (non-hydrogen) atoms. The molecule has 0 spiro atoms. The monoisotopic (exact) mass is 344 g/mol. The quantitative estimate of drug-likeness (QED) is 0.205. The van der Waals surface area contributed by atoms with E-state index in [-0.39, 0.29) is 13.0 Å². The van der Waals surface area contributed by atoms with E-state index < -0.39 is 45.8 Å². The van der Waals surface area contributed by atoms with Crippen LogP contribution in [-0.4, -0.2) is 64.8 Å². The lowest BCUT2D eigenvalue weighted by Gasteiger charge is -2.16. The number of hydrogen-bond donors (Lipinski definition) is 4. The van der Waals surface area contributed by atoms with Crippen LogP contribution in [0.15, 0.2) is 0 Å². The summed E-state index contributed by atoms with van der Waals surface area (Å²) in [6, 6.07) is 0. The van der Waals surface area contributed by atoms with Crippen molar-refractivity contribution in [1.82, 2.24) is 0 Å². The average Bonchev–Trinajstić information content (AvgIpc) is 2.49. The van der Waals surface area contributed by atoms with E-state index in [9.17, 15) is 19.4 Å². The molecule has 0 aromatic heterocycles. The third-order valence-corrected chi connectivity index (χ3v) is 3.44. The fraction of sp³-hybridized carbons (Fsp3) is 0.917. The molecule has 0 aliphatic rings. The minimum atomic E-state index is -4.45. The highest BCUT2D eigenvalue weighted by Gasteiger charge is 2.24. The van der Waals surface area contributed by atoms with Gasteiger partial charge in [-0.05, 0) is 6.42 Å². The van der Waals surface area contributed by atoms with E-state index in [2.05, 4.69) is 9.05 Å². The number of aliphatic hydroxyl groups excluding tert-OH is 3. The minimum absolute atomic E-state index is 0.252. The summed E-state index contributed by atoms with van der Waals surface area (Å²) in [5, 5.41) is 27.0. The van der Waals surface area contributed by atoms with Gasteiger partial charge in [-0.3, -0.25) is 13.8 Å². The number of phosphoric acid groups is 1. The molecule has 0 bridgehead atoms. The molecule has 0 fully saturated rings. The van der Waals surface area contributed by atoms with Gasteiger partial charge in [-0.2, -0.15) is 0 Å². The van der Waals surface area contributed by atoms with Crippen LogP contribution in [0.5, 0.6) is 0 Å². The second-order valence-corrected chi connectivity index (χ2v) is 6.14. The summed E-state index contributed by atoms with van der Waals surface area (Å²) in [5.74, 6) is -0.456. The van der Waals surface area contributed by atoms with Gasteiger partial charge in [0.25, 0.3) is 0 Å². The van der Waals surface area contributed by atoms with Gasteiger partial charge < -0.3 is 24.9 Å². The summed E-state index contributed by atoms with van der Waals surface area (Å²) < 4.78 is 25.0. The van der Waals surface area contributed by atoms with Crippen LogP contribution >= 0.6 is 7.82 Å². The molecule has 132 valence electrons. The smallest absolute Gasteiger partial charge is 0.463 e. The highest BCUT2D eigenvalue weighted by Crippen LogP contribution is 2.43. The Labute approximate surface area is 129 Å².